The first-order valence-electron chi connectivity index (χ1n) is 12.6. The molecule has 0 aliphatic heterocycles. The van der Waals surface area contributed by atoms with Crippen LogP contribution in [0.2, 0.25) is 0 Å². The van der Waals surface area contributed by atoms with Crippen LogP contribution >= 0.6 is 0 Å². The van der Waals surface area contributed by atoms with Crippen molar-refractivity contribution in [3.63, 3.8) is 0 Å². The second-order valence-electron chi connectivity index (χ2n) is 9.02. The second-order valence-corrected chi connectivity index (χ2v) is 10.9. The first-order chi connectivity index (χ1) is 18.2. The molecule has 1 atom stereocenters. The molecule has 0 aliphatic rings. The number of hydrogen-bond donors (Lipinski definition) is 1. The molecule has 0 bridgehead atoms. The third-order valence-electron chi connectivity index (χ3n) is 6.13. The Kier molecular flexibility index (Phi) is 10.0. The summed E-state index contributed by atoms with van der Waals surface area (Å²) in [7, 11) is -4.19. The third-order valence-corrected chi connectivity index (χ3v) is 7.92. The largest absolute Gasteiger partial charge is 0.354 e. The van der Waals surface area contributed by atoms with Crippen LogP contribution in [0.1, 0.15) is 37.8 Å². The number of carbonyl (C=O) groups is 2. The molecule has 2 amide bonds. The summed E-state index contributed by atoms with van der Waals surface area (Å²) in [5, 5.41) is 2.85. The number of carbonyl (C=O) groups excluding carboxylic acids is 2. The number of anilines is 1. The minimum absolute atomic E-state index is 0.00237. The molecule has 0 heterocycles. The molecule has 202 valence electrons. The number of hydrogen-bond acceptors (Lipinski definition) is 4. The first kappa shape index (κ1) is 28.8. The lowest BCUT2D eigenvalue weighted by Crippen LogP contribution is -2.52. The van der Waals surface area contributed by atoms with Gasteiger partial charge in [-0.05, 0) is 61.7 Å². The van der Waals surface area contributed by atoms with E-state index in [1.54, 1.807) is 12.1 Å². The zero-order valence-corrected chi connectivity index (χ0v) is 22.7. The molecule has 0 aliphatic carbocycles. The van der Waals surface area contributed by atoms with E-state index in [1.807, 2.05) is 51.1 Å². The van der Waals surface area contributed by atoms with Gasteiger partial charge in [-0.3, -0.25) is 13.9 Å². The van der Waals surface area contributed by atoms with Crippen LogP contribution < -0.4 is 9.62 Å². The van der Waals surface area contributed by atoms with Crippen molar-refractivity contribution >= 4 is 27.5 Å². The maximum absolute atomic E-state index is 13.9. The number of amides is 2. The molecule has 1 N–H and O–H groups in total. The Labute approximate surface area is 224 Å². The molecule has 3 rings (SSSR count). The van der Waals surface area contributed by atoms with Gasteiger partial charge in [0.2, 0.25) is 11.8 Å². The van der Waals surface area contributed by atoms with Gasteiger partial charge in [0, 0.05) is 13.1 Å². The van der Waals surface area contributed by atoms with Gasteiger partial charge in [-0.2, -0.15) is 0 Å². The first-order valence-corrected chi connectivity index (χ1v) is 14.1. The highest BCUT2D eigenvalue weighted by atomic mass is 32.2. The van der Waals surface area contributed by atoms with Crippen molar-refractivity contribution in [2.45, 2.75) is 51.1 Å². The van der Waals surface area contributed by atoms with E-state index < -0.39 is 34.3 Å². The summed E-state index contributed by atoms with van der Waals surface area (Å²) < 4.78 is 42.2. The van der Waals surface area contributed by atoms with E-state index in [0.29, 0.717) is 13.0 Å². The molecular weight excluding hydrogens is 505 g/mol. The molecule has 0 fully saturated rings. The topological polar surface area (TPSA) is 86.8 Å². The SMILES string of the molecule is CCCNC(=O)[C@@H](CC)N(Cc1ccccc1)C(=O)CN(c1ccc(F)cc1)S(=O)(=O)c1ccc(C)cc1. The number of nitrogens with zero attached hydrogens (tertiary/aromatic N) is 2. The van der Waals surface area contributed by atoms with Gasteiger partial charge < -0.3 is 10.2 Å². The fourth-order valence-corrected chi connectivity index (χ4v) is 5.45. The highest BCUT2D eigenvalue weighted by Crippen LogP contribution is 2.25. The van der Waals surface area contributed by atoms with Gasteiger partial charge in [-0.25, -0.2) is 12.8 Å². The molecule has 7 nitrogen and oxygen atoms in total. The molecule has 38 heavy (non-hydrogen) atoms. The molecular formula is C29H34FN3O4S. The number of rotatable bonds is 12. The Morgan fingerprint density at radius 2 is 1.55 bits per heavy atom. The van der Waals surface area contributed by atoms with Crippen LogP contribution in [0.25, 0.3) is 0 Å². The van der Waals surface area contributed by atoms with E-state index in [0.717, 1.165) is 34.0 Å². The molecule has 0 saturated heterocycles. The predicted octanol–water partition coefficient (Wildman–Crippen LogP) is 4.66. The minimum atomic E-state index is -4.19. The average molecular weight is 540 g/mol. The number of halogens is 1. The van der Waals surface area contributed by atoms with Gasteiger partial charge >= 0.3 is 0 Å². The van der Waals surface area contributed by atoms with Gasteiger partial charge in [0.1, 0.15) is 18.4 Å². The fourth-order valence-electron chi connectivity index (χ4n) is 4.04. The molecule has 0 aromatic heterocycles. The average Bonchev–Trinajstić information content (AvgIpc) is 2.91. The third kappa shape index (κ3) is 7.19. The molecule has 9 heteroatoms. The maximum Gasteiger partial charge on any atom is 0.264 e. The number of nitrogens with one attached hydrogen (secondary N) is 1. The molecule has 0 radical (unpaired) electrons. The predicted molar refractivity (Wildman–Crippen MR) is 146 cm³/mol. The van der Waals surface area contributed by atoms with Crippen molar-refractivity contribution < 1.29 is 22.4 Å². The summed E-state index contributed by atoms with van der Waals surface area (Å²) in [4.78, 5) is 28.3. The highest BCUT2D eigenvalue weighted by Gasteiger charge is 2.33. The Morgan fingerprint density at radius 3 is 2.13 bits per heavy atom. The zero-order valence-electron chi connectivity index (χ0n) is 21.9. The van der Waals surface area contributed by atoms with E-state index in [1.165, 1.54) is 29.2 Å². The van der Waals surface area contributed by atoms with Crippen LogP contribution in [0, 0.1) is 12.7 Å². The van der Waals surface area contributed by atoms with E-state index in [4.69, 9.17) is 0 Å². The second kappa shape index (κ2) is 13.2. The van der Waals surface area contributed by atoms with Crippen LogP contribution in [0.4, 0.5) is 10.1 Å². The lowest BCUT2D eigenvalue weighted by atomic mass is 10.1. The Hall–Kier alpha value is -3.72. The summed E-state index contributed by atoms with van der Waals surface area (Å²) in [5.74, 6) is -1.38. The quantitative estimate of drug-likeness (QED) is 0.363. The normalized spacial score (nSPS) is 12.0. The lowest BCUT2D eigenvalue weighted by molar-refractivity contribution is -0.140. The maximum atomic E-state index is 13.9. The summed E-state index contributed by atoms with van der Waals surface area (Å²) in [6.07, 6.45) is 1.08. The molecule has 3 aromatic carbocycles. The summed E-state index contributed by atoms with van der Waals surface area (Å²) in [5.41, 5.74) is 1.83. The van der Waals surface area contributed by atoms with E-state index in [-0.39, 0.29) is 23.0 Å². The van der Waals surface area contributed by atoms with Crippen LogP contribution in [-0.2, 0) is 26.2 Å². The summed E-state index contributed by atoms with van der Waals surface area (Å²) in [6, 6.07) is 19.6. The summed E-state index contributed by atoms with van der Waals surface area (Å²) >= 11 is 0. The van der Waals surface area contributed by atoms with Gasteiger partial charge in [0.25, 0.3) is 10.0 Å². The van der Waals surface area contributed by atoms with Gasteiger partial charge in [0.05, 0.1) is 10.6 Å². The van der Waals surface area contributed by atoms with E-state index in [2.05, 4.69) is 5.32 Å². The fraction of sp³-hybridized carbons (Fsp3) is 0.310. The van der Waals surface area contributed by atoms with E-state index >= 15 is 0 Å². The van der Waals surface area contributed by atoms with Gasteiger partial charge in [-0.15, -0.1) is 0 Å². The van der Waals surface area contributed by atoms with Crippen LogP contribution in [-0.4, -0.2) is 44.3 Å². The van der Waals surface area contributed by atoms with Crippen molar-refractivity contribution in [1.82, 2.24) is 10.2 Å². The lowest BCUT2D eigenvalue weighted by Gasteiger charge is -2.33. The van der Waals surface area contributed by atoms with Crippen molar-refractivity contribution in [2.75, 3.05) is 17.4 Å². The molecule has 0 unspecified atom stereocenters. The van der Waals surface area contributed by atoms with Crippen LogP contribution in [0.5, 0.6) is 0 Å². The Bertz CT molecular complexity index is 1310. The highest BCUT2D eigenvalue weighted by molar-refractivity contribution is 7.92. The number of sulfonamides is 1. The van der Waals surface area contributed by atoms with Gasteiger partial charge in [0.15, 0.2) is 0 Å². The van der Waals surface area contributed by atoms with Crippen molar-refractivity contribution in [2.24, 2.45) is 0 Å². The van der Waals surface area contributed by atoms with E-state index in [9.17, 15) is 22.4 Å². The van der Waals surface area contributed by atoms with Gasteiger partial charge in [-0.1, -0.05) is 61.9 Å². The standard InChI is InChI=1S/C29H34FN3O4S/c1-4-19-31-29(35)27(5-2)32(20-23-9-7-6-8-10-23)28(34)21-33(25-15-13-24(30)14-16-25)38(36,37)26-17-11-22(3)12-18-26/h6-18,27H,4-5,19-21H2,1-3H3,(H,31,35)/t27-/m1/s1. The summed E-state index contributed by atoms with van der Waals surface area (Å²) in [6.45, 7) is 5.61. The number of benzene rings is 3. The monoisotopic (exact) mass is 539 g/mol. The van der Waals surface area contributed by atoms with Crippen molar-refractivity contribution in [3.8, 4) is 0 Å². The Balaban J connectivity index is 2.03. The molecule has 0 spiro atoms. The molecule has 0 saturated carbocycles. The number of aryl methyl sites for hydroxylation is 1. The van der Waals surface area contributed by atoms with Crippen LogP contribution in [0.3, 0.4) is 0 Å². The van der Waals surface area contributed by atoms with Crippen molar-refractivity contribution in [1.29, 1.82) is 0 Å². The zero-order chi connectivity index (χ0) is 27.7. The van der Waals surface area contributed by atoms with Crippen LogP contribution in [0.15, 0.2) is 83.8 Å². The molecule has 3 aromatic rings. The van der Waals surface area contributed by atoms with Crippen molar-refractivity contribution in [3.05, 3.63) is 95.8 Å². The Morgan fingerprint density at radius 1 is 0.921 bits per heavy atom. The minimum Gasteiger partial charge on any atom is -0.354 e. The smallest absolute Gasteiger partial charge is 0.264 e.